The van der Waals surface area contributed by atoms with Crippen LogP contribution in [0.15, 0.2) is 12.1 Å². The Morgan fingerprint density at radius 1 is 1.18 bits per heavy atom. The highest BCUT2D eigenvalue weighted by atomic mass is 19.1. The number of pyridine rings is 1. The van der Waals surface area contributed by atoms with Crippen molar-refractivity contribution in [1.29, 1.82) is 0 Å². The van der Waals surface area contributed by atoms with Crippen molar-refractivity contribution < 1.29 is 4.39 Å². The lowest BCUT2D eigenvalue weighted by Gasteiger charge is -1.93. The van der Waals surface area contributed by atoms with Crippen LogP contribution >= 0.6 is 0 Å². The Balaban J connectivity index is 0.000000461. The van der Waals surface area contributed by atoms with E-state index in [0.29, 0.717) is 5.56 Å². The molecule has 1 nitrogen and oxygen atoms in total. The van der Waals surface area contributed by atoms with Crippen LogP contribution in [-0.2, 0) is 0 Å². The molecule has 0 N–H and O–H groups in total. The minimum absolute atomic E-state index is 0.366. The quantitative estimate of drug-likeness (QED) is 0.525. The molecule has 0 atom stereocenters. The molecule has 1 heterocycles. The van der Waals surface area contributed by atoms with Crippen LogP contribution < -0.4 is 0 Å². The molecule has 0 fully saturated rings. The van der Waals surface area contributed by atoms with Gasteiger partial charge >= 0.3 is 0 Å². The van der Waals surface area contributed by atoms with Crippen LogP contribution in [0.1, 0.15) is 25.1 Å². The normalized spacial score (nSPS) is 8.45. The Kier molecular flexibility index (Phi) is 4.42. The lowest BCUT2D eigenvalue weighted by Crippen LogP contribution is -1.88. The highest BCUT2D eigenvalue weighted by Crippen LogP contribution is 2.02. The summed E-state index contributed by atoms with van der Waals surface area (Å²) in [6, 6.07) is 3.51. The standard InChI is InChI=1S/C7H8FN.C2H6/c1-5-3-4-6(2)9-7(5)8;1-2/h3-4H,1-2H3;1-2H3. The minimum atomic E-state index is -0.366. The zero-order chi connectivity index (χ0) is 8.85. The first-order valence-electron chi connectivity index (χ1n) is 3.80. The molecule has 0 radical (unpaired) electrons. The number of nitrogens with zero attached hydrogens (tertiary/aromatic N) is 1. The van der Waals surface area contributed by atoms with E-state index in [4.69, 9.17) is 0 Å². The molecule has 0 aliphatic rings. The van der Waals surface area contributed by atoms with Crippen molar-refractivity contribution >= 4 is 0 Å². The molecule has 0 saturated heterocycles. The Labute approximate surface area is 67.3 Å². The molecule has 0 aliphatic carbocycles. The van der Waals surface area contributed by atoms with E-state index in [1.165, 1.54) is 0 Å². The molecule has 2 heteroatoms. The molecule has 1 aromatic rings. The van der Waals surface area contributed by atoms with Gasteiger partial charge in [-0.1, -0.05) is 19.9 Å². The Morgan fingerprint density at radius 3 is 2.09 bits per heavy atom. The molecule has 0 bridgehead atoms. The third-order valence-electron chi connectivity index (χ3n) is 1.17. The summed E-state index contributed by atoms with van der Waals surface area (Å²) in [5.41, 5.74) is 1.32. The molecule has 0 aliphatic heterocycles. The average Bonchev–Trinajstić information content (AvgIpc) is 2.02. The Bertz CT molecular complexity index is 221. The van der Waals surface area contributed by atoms with Gasteiger partial charge in [0.2, 0.25) is 5.95 Å². The maximum absolute atomic E-state index is 12.5. The van der Waals surface area contributed by atoms with Crippen molar-refractivity contribution in [1.82, 2.24) is 4.98 Å². The van der Waals surface area contributed by atoms with Gasteiger partial charge in [0.1, 0.15) is 0 Å². The molecule has 0 spiro atoms. The van der Waals surface area contributed by atoms with Gasteiger partial charge in [-0.15, -0.1) is 0 Å². The lowest BCUT2D eigenvalue weighted by molar-refractivity contribution is 0.571. The van der Waals surface area contributed by atoms with E-state index in [1.807, 2.05) is 13.8 Å². The van der Waals surface area contributed by atoms with E-state index in [9.17, 15) is 4.39 Å². The van der Waals surface area contributed by atoms with E-state index in [2.05, 4.69) is 4.98 Å². The van der Waals surface area contributed by atoms with Crippen molar-refractivity contribution in [3.8, 4) is 0 Å². The fourth-order valence-electron chi connectivity index (χ4n) is 0.595. The molecule has 1 rings (SSSR count). The monoisotopic (exact) mass is 155 g/mol. The van der Waals surface area contributed by atoms with Gasteiger partial charge in [-0.3, -0.25) is 0 Å². The van der Waals surface area contributed by atoms with Gasteiger partial charge in [0.05, 0.1) is 0 Å². The summed E-state index contributed by atoms with van der Waals surface area (Å²) >= 11 is 0. The number of halogens is 1. The summed E-state index contributed by atoms with van der Waals surface area (Å²) in [7, 11) is 0. The third-order valence-corrected chi connectivity index (χ3v) is 1.17. The van der Waals surface area contributed by atoms with Gasteiger partial charge in [-0.25, -0.2) is 4.98 Å². The molecule has 11 heavy (non-hydrogen) atoms. The van der Waals surface area contributed by atoms with Gasteiger partial charge in [-0.2, -0.15) is 4.39 Å². The van der Waals surface area contributed by atoms with Gasteiger partial charge in [0, 0.05) is 11.3 Å². The maximum atomic E-state index is 12.5. The van der Waals surface area contributed by atoms with E-state index < -0.39 is 0 Å². The van der Waals surface area contributed by atoms with Crippen molar-refractivity contribution in [2.24, 2.45) is 0 Å². The predicted molar refractivity (Wildman–Crippen MR) is 45.0 cm³/mol. The van der Waals surface area contributed by atoms with Gasteiger partial charge in [0.25, 0.3) is 0 Å². The van der Waals surface area contributed by atoms with Crippen molar-refractivity contribution in [2.75, 3.05) is 0 Å². The Morgan fingerprint density at radius 2 is 1.73 bits per heavy atom. The van der Waals surface area contributed by atoms with Crippen LogP contribution in [0.25, 0.3) is 0 Å². The highest BCUT2D eigenvalue weighted by Gasteiger charge is 1.95. The summed E-state index contributed by atoms with van der Waals surface area (Å²) in [4.78, 5) is 3.61. The van der Waals surface area contributed by atoms with Crippen LogP contribution in [0.3, 0.4) is 0 Å². The van der Waals surface area contributed by atoms with Crippen molar-refractivity contribution in [3.05, 3.63) is 29.3 Å². The SMILES string of the molecule is CC.Cc1ccc(C)c(F)n1. The molecule has 0 saturated carbocycles. The van der Waals surface area contributed by atoms with E-state index >= 15 is 0 Å². The van der Waals surface area contributed by atoms with Gasteiger partial charge in [-0.05, 0) is 19.9 Å². The summed E-state index contributed by atoms with van der Waals surface area (Å²) in [5.74, 6) is -0.366. The average molecular weight is 155 g/mol. The molecule has 0 aromatic carbocycles. The van der Waals surface area contributed by atoms with Gasteiger partial charge < -0.3 is 0 Å². The number of hydrogen-bond acceptors (Lipinski definition) is 1. The second kappa shape index (κ2) is 4.83. The molecular formula is C9H14FN. The second-order valence-electron chi connectivity index (χ2n) is 2.06. The van der Waals surface area contributed by atoms with Crippen molar-refractivity contribution in [3.63, 3.8) is 0 Å². The van der Waals surface area contributed by atoms with Crippen molar-refractivity contribution in [2.45, 2.75) is 27.7 Å². The molecule has 62 valence electrons. The van der Waals surface area contributed by atoms with Crippen LogP contribution in [0.2, 0.25) is 0 Å². The molecular weight excluding hydrogens is 141 g/mol. The zero-order valence-electron chi connectivity index (χ0n) is 7.48. The Hall–Kier alpha value is -0.920. The van der Waals surface area contributed by atoms with E-state index in [-0.39, 0.29) is 5.95 Å². The number of hydrogen-bond donors (Lipinski definition) is 0. The lowest BCUT2D eigenvalue weighted by atomic mass is 10.3. The minimum Gasteiger partial charge on any atom is -0.225 e. The molecule has 1 aromatic heterocycles. The zero-order valence-corrected chi connectivity index (χ0v) is 7.48. The smallest absolute Gasteiger partial charge is 0.215 e. The van der Waals surface area contributed by atoms with Crippen LogP contribution in [0.4, 0.5) is 4.39 Å². The van der Waals surface area contributed by atoms with Crippen LogP contribution in [-0.4, -0.2) is 4.98 Å². The fraction of sp³-hybridized carbons (Fsp3) is 0.444. The second-order valence-corrected chi connectivity index (χ2v) is 2.06. The van der Waals surface area contributed by atoms with Gasteiger partial charge in [0.15, 0.2) is 0 Å². The number of aromatic nitrogens is 1. The topological polar surface area (TPSA) is 12.9 Å². The predicted octanol–water partition coefficient (Wildman–Crippen LogP) is 2.86. The first kappa shape index (κ1) is 10.1. The highest BCUT2D eigenvalue weighted by molar-refractivity contribution is 5.12. The molecule has 0 amide bonds. The fourth-order valence-corrected chi connectivity index (χ4v) is 0.595. The maximum Gasteiger partial charge on any atom is 0.215 e. The number of rotatable bonds is 0. The third kappa shape index (κ3) is 3.12. The van der Waals surface area contributed by atoms with E-state index in [0.717, 1.165) is 5.69 Å². The number of aryl methyl sites for hydroxylation is 2. The van der Waals surface area contributed by atoms with E-state index in [1.54, 1.807) is 26.0 Å². The largest absolute Gasteiger partial charge is 0.225 e. The molecule has 0 unspecified atom stereocenters. The summed E-state index contributed by atoms with van der Waals surface area (Å²) in [6.45, 7) is 7.46. The summed E-state index contributed by atoms with van der Waals surface area (Å²) in [5, 5.41) is 0. The van der Waals surface area contributed by atoms with Crippen LogP contribution in [0.5, 0.6) is 0 Å². The van der Waals surface area contributed by atoms with Crippen LogP contribution in [0, 0.1) is 19.8 Å². The first-order valence-corrected chi connectivity index (χ1v) is 3.80. The first-order chi connectivity index (χ1) is 5.20. The summed E-state index contributed by atoms with van der Waals surface area (Å²) in [6.07, 6.45) is 0. The summed E-state index contributed by atoms with van der Waals surface area (Å²) < 4.78 is 12.5.